The molecular formula is C26H38O2S. The molecule has 0 spiro atoms. The molecule has 0 aromatic rings. The Balaban J connectivity index is 1.29. The third-order valence-corrected chi connectivity index (χ3v) is 10.3. The minimum absolute atomic E-state index is 0.256. The number of ketones is 1. The van der Waals surface area contributed by atoms with Crippen LogP contribution >= 0.6 is 11.8 Å². The van der Waals surface area contributed by atoms with Gasteiger partial charge in [-0.15, -0.1) is 0 Å². The van der Waals surface area contributed by atoms with Gasteiger partial charge in [0.25, 0.3) is 0 Å². The van der Waals surface area contributed by atoms with Crippen molar-refractivity contribution in [1.29, 1.82) is 0 Å². The molecule has 0 bridgehead atoms. The number of aliphatic hydroxyl groups is 1. The quantitative estimate of drug-likeness (QED) is 0.634. The van der Waals surface area contributed by atoms with E-state index in [1.807, 2.05) is 0 Å². The van der Waals surface area contributed by atoms with Crippen LogP contribution in [-0.2, 0) is 4.79 Å². The number of carbonyl (C=O) groups excluding carboxylic acids is 1. The second kappa shape index (κ2) is 7.59. The van der Waals surface area contributed by atoms with Gasteiger partial charge in [0.05, 0.1) is 5.75 Å². The van der Waals surface area contributed by atoms with Crippen LogP contribution in [0.4, 0.5) is 0 Å². The zero-order valence-electron chi connectivity index (χ0n) is 18.3. The number of Topliss-reactive ketones (excluding diaryl/α,β-unsaturated/α-hetero) is 1. The lowest BCUT2D eigenvalue weighted by Gasteiger charge is -2.56. The van der Waals surface area contributed by atoms with E-state index in [0.717, 1.165) is 42.9 Å². The number of fused-ring (bicyclic) bond motifs is 5. The van der Waals surface area contributed by atoms with E-state index in [9.17, 15) is 9.90 Å². The molecule has 5 fully saturated rings. The maximum Gasteiger partial charge on any atom is 0.146 e. The highest BCUT2D eigenvalue weighted by molar-refractivity contribution is 7.99. The van der Waals surface area contributed by atoms with Crippen LogP contribution in [0.2, 0.25) is 0 Å². The van der Waals surface area contributed by atoms with Crippen molar-refractivity contribution in [3.63, 3.8) is 0 Å². The summed E-state index contributed by atoms with van der Waals surface area (Å²) in [5.41, 5.74) is -0.450. The first kappa shape index (κ1) is 20.4. The fraction of sp³-hybridized carbons (Fsp3) is 0.885. The van der Waals surface area contributed by atoms with Crippen molar-refractivity contribution in [2.75, 3.05) is 12.0 Å². The number of rotatable bonds is 3. The summed E-state index contributed by atoms with van der Waals surface area (Å²) >= 11 is 1.70. The summed E-state index contributed by atoms with van der Waals surface area (Å²) in [5, 5.41) is 11.1. The van der Waals surface area contributed by atoms with Crippen LogP contribution in [0.25, 0.3) is 0 Å². The Kier molecular flexibility index (Phi) is 5.35. The van der Waals surface area contributed by atoms with Crippen LogP contribution in [0.1, 0.15) is 77.6 Å². The van der Waals surface area contributed by atoms with E-state index in [2.05, 4.69) is 25.0 Å². The zero-order chi connectivity index (χ0) is 20.2. The summed E-state index contributed by atoms with van der Waals surface area (Å²) in [7, 11) is 0. The third-order valence-electron chi connectivity index (χ3n) is 9.77. The summed E-state index contributed by atoms with van der Waals surface area (Å²) in [4.78, 5) is 12.8. The maximum absolute atomic E-state index is 12.8. The molecule has 5 saturated carbocycles. The number of carbonyl (C=O) groups is 1. The molecule has 29 heavy (non-hydrogen) atoms. The summed E-state index contributed by atoms with van der Waals surface area (Å²) in [5.74, 6) is 12.6. The Morgan fingerprint density at radius 3 is 2.55 bits per heavy atom. The molecule has 0 aliphatic heterocycles. The molecule has 0 radical (unpaired) electrons. The van der Waals surface area contributed by atoms with Crippen LogP contribution < -0.4 is 0 Å². The zero-order valence-corrected chi connectivity index (χ0v) is 19.1. The van der Waals surface area contributed by atoms with Gasteiger partial charge in [-0.2, -0.15) is 11.8 Å². The first-order valence-corrected chi connectivity index (χ1v) is 13.6. The molecule has 0 aromatic heterocycles. The van der Waals surface area contributed by atoms with Gasteiger partial charge in [-0.25, -0.2) is 0 Å². The first-order valence-electron chi connectivity index (χ1n) is 12.2. The van der Waals surface area contributed by atoms with Crippen molar-refractivity contribution in [2.24, 2.45) is 46.8 Å². The Bertz CT molecular complexity index is 718. The molecule has 160 valence electrons. The van der Waals surface area contributed by atoms with E-state index < -0.39 is 5.60 Å². The molecule has 0 amide bonds. The fourth-order valence-electron chi connectivity index (χ4n) is 8.23. The normalized spacial score (nSPS) is 48.7. The van der Waals surface area contributed by atoms with E-state index in [0.29, 0.717) is 29.3 Å². The highest BCUT2D eigenvalue weighted by atomic mass is 32.2. The average molecular weight is 415 g/mol. The molecule has 5 aliphatic carbocycles. The van der Waals surface area contributed by atoms with Gasteiger partial charge in [-0.1, -0.05) is 18.8 Å². The fourth-order valence-corrected chi connectivity index (χ4v) is 8.71. The molecule has 5 aliphatic rings. The molecule has 8 atom stereocenters. The molecule has 3 heteroatoms. The van der Waals surface area contributed by atoms with E-state index in [1.54, 1.807) is 11.8 Å². The van der Waals surface area contributed by atoms with Crippen LogP contribution in [0, 0.1) is 58.7 Å². The van der Waals surface area contributed by atoms with Gasteiger partial charge < -0.3 is 5.11 Å². The van der Waals surface area contributed by atoms with Gasteiger partial charge in [-0.3, -0.25) is 4.79 Å². The van der Waals surface area contributed by atoms with Crippen molar-refractivity contribution < 1.29 is 9.90 Å². The molecular weight excluding hydrogens is 376 g/mol. The summed E-state index contributed by atoms with van der Waals surface area (Å²) in [6.45, 7) is 2.46. The lowest BCUT2D eigenvalue weighted by molar-refractivity contribution is -0.129. The van der Waals surface area contributed by atoms with E-state index >= 15 is 0 Å². The SMILES string of the molecule is CSCC(=O)[C@H]1CC[C@H]2[C@@H]3CC[C@H]4C[C@@](O)(C#CC5CC5)CC[C@@H]4[C@H]3CC[C@]12C. The Morgan fingerprint density at radius 2 is 1.79 bits per heavy atom. The second-order valence-corrected chi connectivity index (χ2v) is 12.2. The van der Waals surface area contributed by atoms with Crippen molar-refractivity contribution in [1.82, 2.24) is 0 Å². The van der Waals surface area contributed by atoms with Crippen molar-refractivity contribution in [3.8, 4) is 11.8 Å². The molecule has 2 nitrogen and oxygen atoms in total. The van der Waals surface area contributed by atoms with Gasteiger partial charge in [0, 0.05) is 11.8 Å². The van der Waals surface area contributed by atoms with Gasteiger partial charge in [0.15, 0.2) is 0 Å². The molecule has 1 N–H and O–H groups in total. The van der Waals surface area contributed by atoms with Crippen molar-refractivity contribution in [2.45, 2.75) is 83.2 Å². The summed E-state index contributed by atoms with van der Waals surface area (Å²) in [6, 6.07) is 0. The van der Waals surface area contributed by atoms with Gasteiger partial charge >= 0.3 is 0 Å². The minimum atomic E-state index is -0.706. The predicted molar refractivity (Wildman–Crippen MR) is 119 cm³/mol. The van der Waals surface area contributed by atoms with Gasteiger partial charge in [0.2, 0.25) is 0 Å². The standard InChI is InChI=1S/C26H38O2S/c1-25-12-10-20-19-11-14-26(28,13-9-17-3-4-17)15-18(19)5-6-21(20)22(25)7-8-23(25)24(27)16-29-2/h17-23,28H,3-8,10-12,14-16H2,1-2H3/t18-,19-,20+,21+,22-,23+,25-,26+/m0/s1. The molecule has 5 rings (SSSR count). The predicted octanol–water partition coefficient (Wildman–Crippen LogP) is 5.33. The largest absolute Gasteiger partial charge is 0.378 e. The average Bonchev–Trinajstić information content (AvgIpc) is 3.46. The molecule has 0 unspecified atom stereocenters. The highest BCUT2D eigenvalue weighted by Crippen LogP contribution is 2.64. The topological polar surface area (TPSA) is 37.3 Å². The third kappa shape index (κ3) is 3.61. The summed E-state index contributed by atoms with van der Waals surface area (Å²) in [6.07, 6.45) is 15.1. The highest BCUT2D eigenvalue weighted by Gasteiger charge is 2.58. The first-order chi connectivity index (χ1) is 13.9. The molecule has 0 heterocycles. The maximum atomic E-state index is 12.8. The van der Waals surface area contributed by atoms with Crippen LogP contribution in [0.15, 0.2) is 0 Å². The minimum Gasteiger partial charge on any atom is -0.378 e. The number of thioether (sulfide) groups is 1. The Hall–Kier alpha value is -0.460. The van der Waals surface area contributed by atoms with E-state index in [-0.39, 0.29) is 5.41 Å². The molecule has 0 aromatic carbocycles. The number of hydrogen-bond acceptors (Lipinski definition) is 3. The lowest BCUT2D eigenvalue weighted by Crippen LogP contribution is -2.51. The number of hydrogen-bond donors (Lipinski definition) is 1. The van der Waals surface area contributed by atoms with Crippen LogP contribution in [0.3, 0.4) is 0 Å². The second-order valence-electron chi connectivity index (χ2n) is 11.3. The van der Waals surface area contributed by atoms with Crippen LogP contribution in [-0.4, -0.2) is 28.5 Å². The Morgan fingerprint density at radius 1 is 1.00 bits per heavy atom. The summed E-state index contributed by atoms with van der Waals surface area (Å²) < 4.78 is 0. The van der Waals surface area contributed by atoms with Crippen molar-refractivity contribution in [3.05, 3.63) is 0 Å². The smallest absolute Gasteiger partial charge is 0.146 e. The lowest BCUT2D eigenvalue weighted by atomic mass is 9.49. The van der Waals surface area contributed by atoms with Crippen LogP contribution in [0.5, 0.6) is 0 Å². The monoisotopic (exact) mass is 414 g/mol. The molecule has 0 saturated heterocycles. The van der Waals surface area contributed by atoms with Gasteiger partial charge in [0.1, 0.15) is 11.4 Å². The van der Waals surface area contributed by atoms with E-state index in [1.165, 1.54) is 51.4 Å². The Labute approximate surface area is 181 Å². The van der Waals surface area contributed by atoms with E-state index in [4.69, 9.17) is 0 Å². The van der Waals surface area contributed by atoms with Crippen molar-refractivity contribution >= 4 is 17.5 Å². The van der Waals surface area contributed by atoms with Gasteiger partial charge in [-0.05, 0) is 112 Å².